The molecule has 0 aliphatic heterocycles. The Labute approximate surface area is 99.6 Å². The summed E-state index contributed by atoms with van der Waals surface area (Å²) in [6.07, 6.45) is 5.09. The molecule has 0 unspecified atom stereocenters. The van der Waals surface area contributed by atoms with E-state index in [0.29, 0.717) is 11.4 Å². The first kappa shape index (κ1) is 11.0. The molecule has 0 spiro atoms. The Hall–Kier alpha value is -2.47. The van der Waals surface area contributed by atoms with E-state index in [0.717, 1.165) is 16.7 Å². The molecule has 0 aromatic carbocycles. The summed E-state index contributed by atoms with van der Waals surface area (Å²) in [4.78, 5) is 13.2. The van der Waals surface area contributed by atoms with Crippen molar-refractivity contribution in [1.82, 2.24) is 15.0 Å². The zero-order chi connectivity index (χ0) is 12.3. The molecular weight excluding hydrogens is 210 g/mol. The van der Waals surface area contributed by atoms with Crippen LogP contribution < -0.4 is 0 Å². The second-order valence-electron chi connectivity index (χ2n) is 3.46. The minimum absolute atomic E-state index is 0.694. The third kappa shape index (κ3) is 2.06. The number of aryl methyl sites for hydroxylation is 1. The highest BCUT2D eigenvalue weighted by atomic mass is 14.8. The minimum atomic E-state index is 0.694. The fourth-order valence-electron chi connectivity index (χ4n) is 1.54. The van der Waals surface area contributed by atoms with Crippen LogP contribution in [0.2, 0.25) is 0 Å². The van der Waals surface area contributed by atoms with Crippen molar-refractivity contribution in [2.24, 2.45) is 0 Å². The molecule has 2 rings (SSSR count). The topological polar surface area (TPSA) is 38.7 Å². The van der Waals surface area contributed by atoms with Crippen LogP contribution in [0.4, 0.5) is 0 Å². The van der Waals surface area contributed by atoms with E-state index in [9.17, 15) is 0 Å². The van der Waals surface area contributed by atoms with Crippen LogP contribution in [0.5, 0.6) is 0 Å². The van der Waals surface area contributed by atoms with Crippen molar-refractivity contribution in [1.29, 1.82) is 0 Å². The molecular formula is C14H11N3. The van der Waals surface area contributed by atoms with Crippen molar-refractivity contribution < 1.29 is 0 Å². The minimum Gasteiger partial charge on any atom is -0.259 e. The molecule has 17 heavy (non-hydrogen) atoms. The molecule has 0 aliphatic carbocycles. The lowest BCUT2D eigenvalue weighted by molar-refractivity contribution is 1.16. The number of rotatable bonds is 2. The van der Waals surface area contributed by atoms with E-state index in [1.54, 1.807) is 18.3 Å². The van der Waals surface area contributed by atoms with Crippen LogP contribution in [0.25, 0.3) is 23.2 Å². The fraction of sp³-hybridized carbons (Fsp3) is 0.0714. The summed E-state index contributed by atoms with van der Waals surface area (Å²) in [6, 6.07) is 1.83. The first-order chi connectivity index (χ1) is 8.26. The lowest BCUT2D eigenvalue weighted by Gasteiger charge is -2.03. The van der Waals surface area contributed by atoms with Gasteiger partial charge in [0.05, 0.1) is 22.6 Å². The van der Waals surface area contributed by atoms with E-state index in [1.165, 1.54) is 0 Å². The van der Waals surface area contributed by atoms with Gasteiger partial charge in [0, 0.05) is 18.3 Å². The molecule has 2 aromatic heterocycles. The van der Waals surface area contributed by atoms with Crippen molar-refractivity contribution in [3.8, 4) is 0 Å². The van der Waals surface area contributed by atoms with Gasteiger partial charge in [-0.2, -0.15) is 0 Å². The molecule has 0 fully saturated rings. The van der Waals surface area contributed by atoms with Gasteiger partial charge >= 0.3 is 0 Å². The number of aromatic nitrogens is 3. The Morgan fingerprint density at radius 1 is 1.12 bits per heavy atom. The van der Waals surface area contributed by atoms with Crippen LogP contribution in [0.1, 0.15) is 17.1 Å². The first-order valence-electron chi connectivity index (χ1n) is 5.11. The zero-order valence-corrected chi connectivity index (χ0v) is 9.57. The van der Waals surface area contributed by atoms with Gasteiger partial charge in [0.25, 0.3) is 0 Å². The van der Waals surface area contributed by atoms with Crippen LogP contribution >= 0.6 is 0 Å². The Morgan fingerprint density at radius 3 is 2.41 bits per heavy atom. The van der Waals surface area contributed by atoms with Gasteiger partial charge < -0.3 is 0 Å². The van der Waals surface area contributed by atoms with Gasteiger partial charge in [-0.3, -0.25) is 4.98 Å². The molecule has 3 heteroatoms. The van der Waals surface area contributed by atoms with Gasteiger partial charge in [0.2, 0.25) is 0 Å². The maximum absolute atomic E-state index is 4.50. The molecule has 82 valence electrons. The smallest absolute Gasteiger partial charge is 0.111 e. The SMILES string of the molecule is C=C=Cc1nc2ccnc(C)c2nc1C=C=C. The van der Waals surface area contributed by atoms with Gasteiger partial charge in [0.15, 0.2) is 0 Å². The standard InChI is InChI=1S/C14H11N3/c1-4-6-11-12(7-5-2)17-14-10(3)15-9-8-13(14)16-11/h6-9H,1-2H2,3H3. The van der Waals surface area contributed by atoms with Crippen LogP contribution in [0.15, 0.2) is 36.9 Å². The Kier molecular flexibility index (Phi) is 2.97. The predicted octanol–water partition coefficient (Wildman–Crippen LogP) is 2.93. The van der Waals surface area contributed by atoms with Crippen LogP contribution in [-0.2, 0) is 0 Å². The lowest BCUT2D eigenvalue weighted by atomic mass is 10.2. The zero-order valence-electron chi connectivity index (χ0n) is 9.57. The number of hydrogen-bond acceptors (Lipinski definition) is 3. The molecule has 0 aliphatic rings. The van der Waals surface area contributed by atoms with Gasteiger partial charge in [0.1, 0.15) is 5.52 Å². The maximum atomic E-state index is 4.50. The molecule has 0 amide bonds. The quantitative estimate of drug-likeness (QED) is 0.732. The second-order valence-corrected chi connectivity index (χ2v) is 3.46. The fourth-order valence-corrected chi connectivity index (χ4v) is 1.54. The third-order valence-electron chi connectivity index (χ3n) is 2.30. The van der Waals surface area contributed by atoms with Crippen LogP contribution in [0, 0.1) is 6.92 Å². The summed E-state index contributed by atoms with van der Waals surface area (Å²) in [6.45, 7) is 8.99. The Balaban J connectivity index is 2.85. The van der Waals surface area contributed by atoms with E-state index >= 15 is 0 Å². The average Bonchev–Trinajstić information content (AvgIpc) is 2.32. The van der Waals surface area contributed by atoms with Gasteiger partial charge in [-0.05, 0) is 13.0 Å². The molecule has 3 nitrogen and oxygen atoms in total. The van der Waals surface area contributed by atoms with Crippen molar-refractivity contribution in [3.05, 3.63) is 54.0 Å². The highest BCUT2D eigenvalue weighted by Gasteiger charge is 2.06. The van der Waals surface area contributed by atoms with Gasteiger partial charge in [-0.15, -0.1) is 11.5 Å². The van der Waals surface area contributed by atoms with Gasteiger partial charge in [-0.1, -0.05) is 13.2 Å². The summed E-state index contributed by atoms with van der Waals surface area (Å²) in [5.74, 6) is 0. The lowest BCUT2D eigenvalue weighted by Crippen LogP contribution is -1.96. The molecule has 2 heterocycles. The average molecular weight is 221 g/mol. The maximum Gasteiger partial charge on any atom is 0.111 e. The molecule has 0 saturated carbocycles. The number of pyridine rings is 1. The van der Waals surface area contributed by atoms with E-state index in [4.69, 9.17) is 0 Å². The van der Waals surface area contributed by atoms with Crippen molar-refractivity contribution in [2.45, 2.75) is 6.92 Å². The highest BCUT2D eigenvalue weighted by Crippen LogP contribution is 2.16. The summed E-state index contributed by atoms with van der Waals surface area (Å²) >= 11 is 0. The first-order valence-corrected chi connectivity index (χ1v) is 5.11. The molecule has 0 saturated heterocycles. The normalized spacial score (nSPS) is 9.47. The summed E-state index contributed by atoms with van der Waals surface area (Å²) in [5.41, 5.74) is 9.24. The largest absolute Gasteiger partial charge is 0.259 e. The third-order valence-corrected chi connectivity index (χ3v) is 2.30. The summed E-state index contributed by atoms with van der Waals surface area (Å²) < 4.78 is 0. The Morgan fingerprint density at radius 2 is 1.76 bits per heavy atom. The van der Waals surface area contributed by atoms with E-state index < -0.39 is 0 Å². The monoisotopic (exact) mass is 221 g/mol. The van der Waals surface area contributed by atoms with Crippen molar-refractivity contribution in [2.75, 3.05) is 0 Å². The molecule has 0 N–H and O–H groups in total. The summed E-state index contributed by atoms with van der Waals surface area (Å²) in [7, 11) is 0. The van der Waals surface area contributed by atoms with E-state index in [2.05, 4.69) is 39.6 Å². The van der Waals surface area contributed by atoms with E-state index in [1.807, 2.05) is 13.0 Å². The highest BCUT2D eigenvalue weighted by molar-refractivity contribution is 5.79. The molecule has 0 bridgehead atoms. The van der Waals surface area contributed by atoms with Crippen molar-refractivity contribution >= 4 is 23.2 Å². The van der Waals surface area contributed by atoms with Crippen LogP contribution in [0.3, 0.4) is 0 Å². The number of hydrogen-bond donors (Lipinski definition) is 0. The molecule has 2 aromatic rings. The Bertz CT molecular complexity index is 673. The van der Waals surface area contributed by atoms with Crippen LogP contribution in [-0.4, -0.2) is 15.0 Å². The molecule has 0 atom stereocenters. The number of nitrogens with zero attached hydrogens (tertiary/aromatic N) is 3. The number of fused-ring (bicyclic) bond motifs is 1. The second kappa shape index (κ2) is 4.58. The predicted molar refractivity (Wildman–Crippen MR) is 69.3 cm³/mol. The molecule has 0 radical (unpaired) electrons. The van der Waals surface area contributed by atoms with Gasteiger partial charge in [-0.25, -0.2) is 9.97 Å². The van der Waals surface area contributed by atoms with Crippen molar-refractivity contribution in [3.63, 3.8) is 0 Å². The van der Waals surface area contributed by atoms with E-state index in [-0.39, 0.29) is 0 Å². The summed E-state index contributed by atoms with van der Waals surface area (Å²) in [5, 5.41) is 0.